The van der Waals surface area contributed by atoms with Gasteiger partial charge in [0.1, 0.15) is 5.75 Å². The lowest BCUT2D eigenvalue weighted by molar-refractivity contribution is -0.0130. The largest absolute Gasteiger partial charge is 0.506 e. The van der Waals surface area contributed by atoms with Crippen LogP contribution in [-0.4, -0.2) is 47.3 Å². The fourth-order valence-electron chi connectivity index (χ4n) is 4.91. The van der Waals surface area contributed by atoms with E-state index < -0.39 is 0 Å². The van der Waals surface area contributed by atoms with Gasteiger partial charge in [0.25, 0.3) is 0 Å². The molecule has 0 bridgehead atoms. The van der Waals surface area contributed by atoms with Crippen molar-refractivity contribution in [2.45, 2.75) is 31.3 Å². The topological polar surface area (TPSA) is 45.6 Å². The normalized spacial score (nSPS) is 28.3. The van der Waals surface area contributed by atoms with E-state index in [0.29, 0.717) is 0 Å². The maximum Gasteiger partial charge on any atom is 0.133 e. The van der Waals surface area contributed by atoms with Crippen LogP contribution in [0.2, 0.25) is 0 Å². The zero-order valence-corrected chi connectivity index (χ0v) is 15.5. The molecule has 0 amide bonds. The van der Waals surface area contributed by atoms with Crippen molar-refractivity contribution in [3.05, 3.63) is 59.9 Å². The SMILES string of the molecule is COC1(Cc2ccccc2)C[C@H]2CN(CCc3ccc(O)cn3)C[C@H]2C1. The Morgan fingerprint density at radius 2 is 1.85 bits per heavy atom. The first-order valence-electron chi connectivity index (χ1n) is 9.61. The average molecular weight is 352 g/mol. The zero-order chi connectivity index (χ0) is 18.0. The quantitative estimate of drug-likeness (QED) is 0.866. The van der Waals surface area contributed by atoms with E-state index in [1.54, 1.807) is 6.07 Å². The molecule has 1 aliphatic carbocycles. The predicted octanol–water partition coefficient (Wildman–Crippen LogP) is 3.30. The molecule has 4 heteroatoms. The van der Waals surface area contributed by atoms with Crippen molar-refractivity contribution in [2.24, 2.45) is 11.8 Å². The molecule has 1 N–H and O–H groups in total. The molecule has 1 aromatic heterocycles. The number of rotatable bonds is 6. The summed E-state index contributed by atoms with van der Waals surface area (Å²) in [4.78, 5) is 6.87. The molecule has 4 rings (SSSR count). The highest BCUT2D eigenvalue weighted by Crippen LogP contribution is 2.47. The van der Waals surface area contributed by atoms with E-state index in [2.05, 4.69) is 40.2 Å². The molecular weight excluding hydrogens is 324 g/mol. The standard InChI is InChI=1S/C22H28N2O2/c1-26-22(11-17-5-3-2-4-6-17)12-18-15-24(16-19(18)13-22)10-9-20-7-8-21(25)14-23-20/h2-8,14,18-19,25H,9-13,15-16H2,1H3/t18-,19+,22?. The number of ether oxygens (including phenoxy) is 1. The minimum atomic E-state index is 0.0152. The van der Waals surface area contributed by atoms with Crippen LogP contribution in [0.25, 0.3) is 0 Å². The minimum absolute atomic E-state index is 0.0152. The Bertz CT molecular complexity index is 703. The number of benzene rings is 1. The first-order chi connectivity index (χ1) is 12.7. The van der Waals surface area contributed by atoms with Crippen LogP contribution in [0.4, 0.5) is 0 Å². The van der Waals surface area contributed by atoms with Crippen LogP contribution in [0, 0.1) is 11.8 Å². The fourth-order valence-corrected chi connectivity index (χ4v) is 4.91. The van der Waals surface area contributed by atoms with E-state index in [1.807, 2.05) is 13.2 Å². The van der Waals surface area contributed by atoms with Gasteiger partial charge in [-0.25, -0.2) is 0 Å². The summed E-state index contributed by atoms with van der Waals surface area (Å²) in [5.74, 6) is 1.72. The van der Waals surface area contributed by atoms with Gasteiger partial charge in [0, 0.05) is 45.3 Å². The van der Waals surface area contributed by atoms with Crippen molar-refractivity contribution >= 4 is 0 Å². The Morgan fingerprint density at radius 3 is 2.46 bits per heavy atom. The lowest BCUT2D eigenvalue weighted by atomic mass is 9.91. The van der Waals surface area contributed by atoms with Gasteiger partial charge in [0.2, 0.25) is 0 Å². The van der Waals surface area contributed by atoms with Gasteiger partial charge in [-0.2, -0.15) is 0 Å². The number of hydrogen-bond acceptors (Lipinski definition) is 4. The van der Waals surface area contributed by atoms with E-state index in [1.165, 1.54) is 24.8 Å². The van der Waals surface area contributed by atoms with E-state index in [-0.39, 0.29) is 11.4 Å². The summed E-state index contributed by atoms with van der Waals surface area (Å²) < 4.78 is 6.06. The van der Waals surface area contributed by atoms with Crippen molar-refractivity contribution in [1.82, 2.24) is 9.88 Å². The highest BCUT2D eigenvalue weighted by molar-refractivity contribution is 5.19. The molecule has 0 spiro atoms. The second kappa shape index (κ2) is 7.37. The van der Waals surface area contributed by atoms with Crippen LogP contribution in [0.5, 0.6) is 5.75 Å². The second-order valence-corrected chi connectivity index (χ2v) is 8.00. The zero-order valence-electron chi connectivity index (χ0n) is 15.5. The monoisotopic (exact) mass is 352 g/mol. The number of likely N-dealkylation sites (tertiary alicyclic amines) is 1. The highest BCUT2D eigenvalue weighted by Gasteiger charge is 2.49. The van der Waals surface area contributed by atoms with Crippen molar-refractivity contribution in [3.63, 3.8) is 0 Å². The molecule has 2 heterocycles. The molecule has 1 aromatic carbocycles. The molecule has 2 aromatic rings. The molecule has 0 radical (unpaired) electrons. The molecule has 1 saturated heterocycles. The maximum atomic E-state index is 9.34. The molecule has 1 saturated carbocycles. The van der Waals surface area contributed by atoms with Crippen molar-refractivity contribution in [1.29, 1.82) is 0 Å². The number of pyridine rings is 1. The Hall–Kier alpha value is -1.91. The second-order valence-electron chi connectivity index (χ2n) is 8.00. The van der Waals surface area contributed by atoms with Crippen LogP contribution in [0.3, 0.4) is 0 Å². The third-order valence-electron chi connectivity index (χ3n) is 6.22. The Morgan fingerprint density at radius 1 is 1.12 bits per heavy atom. The van der Waals surface area contributed by atoms with Gasteiger partial charge in [-0.3, -0.25) is 4.98 Å². The number of nitrogens with zero attached hydrogens (tertiary/aromatic N) is 2. The van der Waals surface area contributed by atoms with E-state index in [0.717, 1.165) is 49.8 Å². The van der Waals surface area contributed by atoms with E-state index >= 15 is 0 Å². The van der Waals surface area contributed by atoms with Crippen LogP contribution < -0.4 is 0 Å². The molecule has 3 atom stereocenters. The first kappa shape index (κ1) is 17.5. The summed E-state index contributed by atoms with van der Waals surface area (Å²) in [5.41, 5.74) is 2.45. The molecular formula is C22H28N2O2. The van der Waals surface area contributed by atoms with Gasteiger partial charge in [0.15, 0.2) is 0 Å². The molecule has 26 heavy (non-hydrogen) atoms. The van der Waals surface area contributed by atoms with Crippen LogP contribution in [-0.2, 0) is 17.6 Å². The maximum absolute atomic E-state index is 9.34. The third-order valence-corrected chi connectivity index (χ3v) is 6.22. The molecule has 1 unspecified atom stereocenters. The van der Waals surface area contributed by atoms with Crippen molar-refractivity contribution in [2.75, 3.05) is 26.7 Å². The summed E-state index contributed by atoms with van der Waals surface area (Å²) in [6, 6.07) is 14.4. The van der Waals surface area contributed by atoms with Gasteiger partial charge >= 0.3 is 0 Å². The van der Waals surface area contributed by atoms with Gasteiger partial charge in [-0.15, -0.1) is 0 Å². The summed E-state index contributed by atoms with van der Waals surface area (Å²) in [5, 5.41) is 9.34. The number of aromatic nitrogens is 1. The minimum Gasteiger partial charge on any atom is -0.506 e. The summed E-state index contributed by atoms with van der Waals surface area (Å²) in [7, 11) is 1.89. The third kappa shape index (κ3) is 3.76. The van der Waals surface area contributed by atoms with Gasteiger partial charge in [0.05, 0.1) is 11.8 Å². The molecule has 1 aliphatic heterocycles. The lowest BCUT2D eigenvalue weighted by Crippen LogP contribution is -2.34. The average Bonchev–Trinajstić information content (AvgIpc) is 3.18. The first-order valence-corrected chi connectivity index (χ1v) is 9.61. The summed E-state index contributed by atoms with van der Waals surface area (Å²) in [6.07, 6.45) is 5.83. The van der Waals surface area contributed by atoms with E-state index in [9.17, 15) is 5.11 Å². The Balaban J connectivity index is 1.32. The van der Waals surface area contributed by atoms with Gasteiger partial charge in [-0.05, 0) is 42.4 Å². The van der Waals surface area contributed by atoms with Gasteiger partial charge in [-0.1, -0.05) is 30.3 Å². The van der Waals surface area contributed by atoms with Crippen molar-refractivity contribution in [3.8, 4) is 5.75 Å². The lowest BCUT2D eigenvalue weighted by Gasteiger charge is -2.30. The smallest absolute Gasteiger partial charge is 0.133 e. The number of hydrogen-bond donors (Lipinski definition) is 1. The summed E-state index contributed by atoms with van der Waals surface area (Å²) >= 11 is 0. The van der Waals surface area contributed by atoms with Crippen molar-refractivity contribution < 1.29 is 9.84 Å². The Kier molecular flexibility index (Phi) is 4.96. The Labute approximate surface area is 155 Å². The number of aromatic hydroxyl groups is 1. The number of fused-ring (bicyclic) bond motifs is 1. The predicted molar refractivity (Wildman–Crippen MR) is 102 cm³/mol. The highest BCUT2D eigenvalue weighted by atomic mass is 16.5. The van der Waals surface area contributed by atoms with Crippen LogP contribution in [0.1, 0.15) is 24.1 Å². The molecule has 2 fully saturated rings. The van der Waals surface area contributed by atoms with E-state index in [4.69, 9.17) is 4.74 Å². The van der Waals surface area contributed by atoms with Gasteiger partial charge < -0.3 is 14.7 Å². The summed E-state index contributed by atoms with van der Waals surface area (Å²) in [6.45, 7) is 3.38. The molecule has 4 nitrogen and oxygen atoms in total. The molecule has 138 valence electrons. The molecule has 2 aliphatic rings. The fraction of sp³-hybridized carbons (Fsp3) is 0.500. The van der Waals surface area contributed by atoms with Crippen LogP contribution in [0.15, 0.2) is 48.7 Å². The van der Waals surface area contributed by atoms with Crippen LogP contribution >= 0.6 is 0 Å². The number of methoxy groups -OCH3 is 1.